The molecule has 0 amide bonds. The number of nitro groups is 4. The molecule has 0 aliphatic heterocycles. The van der Waals surface area contributed by atoms with E-state index < -0.39 is 53.0 Å². The van der Waals surface area contributed by atoms with Crippen LogP contribution in [-0.4, -0.2) is 19.7 Å². The summed E-state index contributed by atoms with van der Waals surface area (Å²) in [7, 11) is 0. The minimum absolute atomic E-state index is 0.597. The van der Waals surface area contributed by atoms with Crippen LogP contribution < -0.4 is 0 Å². The summed E-state index contributed by atoms with van der Waals surface area (Å²) in [6.45, 7) is 0.921. The first-order valence-electron chi connectivity index (χ1n) is 4.54. The summed E-state index contributed by atoms with van der Waals surface area (Å²) in [6, 6.07) is 0. The average Bonchev–Trinajstić information content (AvgIpc) is 2.29. The average molecular weight is 307 g/mol. The second-order valence-electron chi connectivity index (χ2n) is 3.36. The van der Waals surface area contributed by atoms with E-state index in [0.29, 0.717) is 0 Å². The first kappa shape index (κ1) is 15.2. The maximum absolute atomic E-state index is 10.8. The predicted molar refractivity (Wildman–Crippen MR) is 62.8 cm³/mol. The zero-order valence-corrected chi connectivity index (χ0v) is 10.2. The summed E-state index contributed by atoms with van der Waals surface area (Å²) in [5.74, 6) is 0. The third kappa shape index (κ3) is 2.18. The van der Waals surface area contributed by atoms with Crippen LogP contribution in [-0.2, 0) is 0 Å². The monoisotopic (exact) mass is 306 g/mol. The molecule has 12 nitrogen and oxygen atoms in total. The van der Waals surface area contributed by atoms with Gasteiger partial charge in [-0.3, -0.25) is 40.5 Å². The molecule has 0 saturated carbocycles. The molecule has 1 aromatic rings. The van der Waals surface area contributed by atoms with Crippen LogP contribution in [0.15, 0.2) is 0 Å². The summed E-state index contributed by atoms with van der Waals surface area (Å²) in [5, 5.41) is 42.3. The van der Waals surface area contributed by atoms with Gasteiger partial charge in [-0.05, 0) is 6.92 Å². The summed E-state index contributed by atoms with van der Waals surface area (Å²) in [4.78, 5) is 37.8. The van der Waals surface area contributed by atoms with Crippen molar-refractivity contribution in [1.82, 2.24) is 0 Å². The first-order valence-corrected chi connectivity index (χ1v) is 4.92. The van der Waals surface area contributed by atoms with E-state index in [1.165, 1.54) is 0 Å². The molecule has 13 heteroatoms. The molecule has 0 N–H and O–H groups in total. The third-order valence-corrected chi connectivity index (χ3v) is 2.76. The van der Waals surface area contributed by atoms with Crippen LogP contribution in [0.2, 0.25) is 5.02 Å². The largest absolute Gasteiger partial charge is 0.431 e. The van der Waals surface area contributed by atoms with E-state index in [4.69, 9.17) is 11.6 Å². The molecule has 1 aromatic carbocycles. The van der Waals surface area contributed by atoms with Crippen LogP contribution >= 0.6 is 11.6 Å². The summed E-state index contributed by atoms with van der Waals surface area (Å²) < 4.78 is 0. The van der Waals surface area contributed by atoms with Gasteiger partial charge in [0.2, 0.25) is 0 Å². The smallest absolute Gasteiger partial charge is 0.258 e. The van der Waals surface area contributed by atoms with Gasteiger partial charge in [-0.15, -0.1) is 0 Å². The number of benzene rings is 1. The number of hydrogen-bond acceptors (Lipinski definition) is 8. The van der Waals surface area contributed by atoms with Gasteiger partial charge < -0.3 is 0 Å². The van der Waals surface area contributed by atoms with Crippen molar-refractivity contribution in [1.29, 1.82) is 0 Å². The van der Waals surface area contributed by atoms with Crippen molar-refractivity contribution >= 4 is 34.4 Å². The number of rotatable bonds is 4. The highest BCUT2D eigenvalue weighted by atomic mass is 35.5. The van der Waals surface area contributed by atoms with Gasteiger partial charge in [0.25, 0.3) is 0 Å². The highest BCUT2D eigenvalue weighted by Crippen LogP contribution is 2.49. The van der Waals surface area contributed by atoms with Gasteiger partial charge in [0.05, 0.1) is 25.3 Å². The number of nitrogens with zero attached hydrogens (tertiary/aromatic N) is 4. The normalized spacial score (nSPS) is 10.1. The summed E-state index contributed by atoms with van der Waals surface area (Å²) in [5.41, 5.74) is -6.40. The van der Waals surface area contributed by atoms with Gasteiger partial charge in [-0.1, -0.05) is 11.6 Å². The lowest BCUT2D eigenvalue weighted by molar-refractivity contribution is -0.452. The molecule has 0 heterocycles. The molecular weight excluding hydrogens is 304 g/mol. The van der Waals surface area contributed by atoms with Gasteiger partial charge in [-0.2, -0.15) is 0 Å². The van der Waals surface area contributed by atoms with Crippen LogP contribution in [0, 0.1) is 47.4 Å². The van der Waals surface area contributed by atoms with Crippen molar-refractivity contribution in [2.75, 3.05) is 0 Å². The number of halogens is 1. The van der Waals surface area contributed by atoms with Crippen LogP contribution in [0.1, 0.15) is 5.56 Å². The third-order valence-electron chi connectivity index (χ3n) is 2.30. The Morgan fingerprint density at radius 2 is 1.00 bits per heavy atom. The topological polar surface area (TPSA) is 173 Å². The molecule has 0 aromatic heterocycles. The van der Waals surface area contributed by atoms with Crippen molar-refractivity contribution < 1.29 is 19.7 Å². The SMILES string of the molecule is Cc1c(Cl)c([N+](=O)[O-])c([N+](=O)[O-])c([N+](=O)[O-])c1[N+](=O)[O-]. The second-order valence-corrected chi connectivity index (χ2v) is 3.74. The van der Waals surface area contributed by atoms with Gasteiger partial charge in [0, 0.05) is 0 Å². The number of hydrogen-bond donors (Lipinski definition) is 0. The Kier molecular flexibility index (Phi) is 3.80. The van der Waals surface area contributed by atoms with E-state index in [1.54, 1.807) is 0 Å². The van der Waals surface area contributed by atoms with E-state index in [-0.39, 0.29) is 0 Å². The standard InChI is InChI=1S/C7H3ClN4O8/c1-2-3(8)5(10(15)16)7(12(19)20)6(11(17)18)4(2)9(13)14/h1H3. The van der Waals surface area contributed by atoms with Crippen LogP contribution in [0.5, 0.6) is 0 Å². The molecule has 1 rings (SSSR count). The first-order chi connectivity index (χ1) is 9.11. The zero-order chi connectivity index (χ0) is 15.8. The maximum Gasteiger partial charge on any atom is 0.431 e. The molecule has 0 spiro atoms. The molecule has 0 fully saturated rings. The molecule has 0 unspecified atom stereocenters. The molecule has 0 aliphatic rings. The second kappa shape index (κ2) is 5.00. The lowest BCUT2D eigenvalue weighted by Crippen LogP contribution is -2.07. The van der Waals surface area contributed by atoms with Crippen molar-refractivity contribution in [2.24, 2.45) is 0 Å². The lowest BCUT2D eigenvalue weighted by Gasteiger charge is -2.03. The molecule has 0 saturated heterocycles. The fraction of sp³-hybridized carbons (Fsp3) is 0.143. The van der Waals surface area contributed by atoms with Crippen molar-refractivity contribution in [3.8, 4) is 0 Å². The fourth-order valence-electron chi connectivity index (χ4n) is 1.52. The quantitative estimate of drug-likeness (QED) is 0.601. The molecule has 0 radical (unpaired) electrons. The minimum Gasteiger partial charge on any atom is -0.258 e. The number of nitro benzene ring substituents is 4. The molecular formula is C7H3ClN4O8. The van der Waals surface area contributed by atoms with Gasteiger partial charge in [0.15, 0.2) is 0 Å². The fourth-order valence-corrected chi connectivity index (χ4v) is 1.77. The maximum atomic E-state index is 10.8. The van der Waals surface area contributed by atoms with Crippen molar-refractivity contribution in [3.63, 3.8) is 0 Å². The lowest BCUT2D eigenvalue weighted by atomic mass is 10.1. The molecule has 106 valence electrons. The van der Waals surface area contributed by atoms with E-state index in [2.05, 4.69) is 0 Å². The Morgan fingerprint density at radius 1 is 0.700 bits per heavy atom. The Labute approximate surface area is 113 Å². The minimum atomic E-state index is -1.62. The van der Waals surface area contributed by atoms with E-state index in [9.17, 15) is 40.5 Å². The molecule has 0 bridgehead atoms. The van der Waals surface area contributed by atoms with Crippen molar-refractivity contribution in [3.05, 3.63) is 51.0 Å². The van der Waals surface area contributed by atoms with Crippen LogP contribution in [0.25, 0.3) is 0 Å². The zero-order valence-electron chi connectivity index (χ0n) is 9.43. The highest BCUT2D eigenvalue weighted by Gasteiger charge is 2.48. The van der Waals surface area contributed by atoms with E-state index in [1.807, 2.05) is 0 Å². The van der Waals surface area contributed by atoms with Gasteiger partial charge >= 0.3 is 22.7 Å². The van der Waals surface area contributed by atoms with Gasteiger partial charge in [-0.25, -0.2) is 0 Å². The van der Waals surface area contributed by atoms with Crippen LogP contribution in [0.4, 0.5) is 22.7 Å². The molecule has 0 atom stereocenters. The predicted octanol–water partition coefficient (Wildman–Crippen LogP) is 2.28. The Balaban J connectivity index is 4.14. The Bertz CT molecular complexity index is 615. The summed E-state index contributed by atoms with van der Waals surface area (Å²) in [6.07, 6.45) is 0. The highest BCUT2D eigenvalue weighted by molar-refractivity contribution is 6.34. The van der Waals surface area contributed by atoms with E-state index in [0.717, 1.165) is 6.92 Å². The van der Waals surface area contributed by atoms with Crippen LogP contribution in [0.3, 0.4) is 0 Å². The van der Waals surface area contributed by atoms with Gasteiger partial charge in [0.1, 0.15) is 5.02 Å². The Hall–Kier alpha value is -2.89. The molecule has 20 heavy (non-hydrogen) atoms. The summed E-state index contributed by atoms with van der Waals surface area (Å²) >= 11 is 5.49. The molecule has 0 aliphatic carbocycles. The van der Waals surface area contributed by atoms with E-state index >= 15 is 0 Å². The van der Waals surface area contributed by atoms with Crippen molar-refractivity contribution in [2.45, 2.75) is 6.92 Å². The Morgan fingerprint density at radius 3 is 1.30 bits per heavy atom.